The normalized spacial score (nSPS) is 18.0. The second-order valence-corrected chi connectivity index (χ2v) is 9.64. The lowest BCUT2D eigenvalue weighted by Crippen LogP contribution is -2.29. The predicted molar refractivity (Wildman–Crippen MR) is 143 cm³/mol. The molecular weight excluding hydrogens is 473 g/mol. The minimum atomic E-state index is -0.817. The summed E-state index contributed by atoms with van der Waals surface area (Å²) >= 11 is 0. The van der Waals surface area contributed by atoms with Crippen LogP contribution in [0.15, 0.2) is 66.7 Å². The summed E-state index contributed by atoms with van der Waals surface area (Å²) < 4.78 is 55.9. The minimum absolute atomic E-state index is 0.171. The lowest BCUT2D eigenvalue weighted by atomic mass is 9.94. The molecule has 1 aliphatic rings. The molecular formula is C32H35F3O2. The molecule has 4 rings (SSSR count). The van der Waals surface area contributed by atoms with Gasteiger partial charge in [-0.1, -0.05) is 87.2 Å². The lowest BCUT2D eigenvalue weighted by Gasteiger charge is -2.28. The van der Waals surface area contributed by atoms with E-state index in [-0.39, 0.29) is 23.6 Å². The van der Waals surface area contributed by atoms with E-state index >= 15 is 0 Å². The number of halogens is 3. The molecule has 0 atom stereocenters. The van der Waals surface area contributed by atoms with Crippen LogP contribution in [0.2, 0.25) is 0 Å². The Labute approximate surface area is 218 Å². The van der Waals surface area contributed by atoms with Gasteiger partial charge in [-0.05, 0) is 59.7 Å². The summed E-state index contributed by atoms with van der Waals surface area (Å²) in [6, 6.07) is 15.6. The molecule has 1 aliphatic heterocycles. The van der Waals surface area contributed by atoms with Crippen molar-refractivity contribution in [2.45, 2.75) is 64.6 Å². The molecule has 0 spiro atoms. The van der Waals surface area contributed by atoms with E-state index < -0.39 is 11.6 Å². The molecule has 1 heterocycles. The molecule has 0 radical (unpaired) electrons. The van der Waals surface area contributed by atoms with Crippen LogP contribution < -0.4 is 0 Å². The Bertz CT molecular complexity index is 1200. The molecule has 0 amide bonds. The Morgan fingerprint density at radius 2 is 1.46 bits per heavy atom. The van der Waals surface area contributed by atoms with Gasteiger partial charge in [-0.2, -0.15) is 0 Å². The van der Waals surface area contributed by atoms with Crippen LogP contribution in [-0.2, 0) is 15.9 Å². The Kier molecular flexibility index (Phi) is 9.59. The van der Waals surface area contributed by atoms with E-state index in [1.807, 2.05) is 25.1 Å². The summed E-state index contributed by atoms with van der Waals surface area (Å²) in [6.07, 6.45) is 9.18. The van der Waals surface area contributed by atoms with Gasteiger partial charge in [-0.25, -0.2) is 13.2 Å². The number of unbranched alkanes of at least 4 members (excludes halogenated alkanes) is 4. The SMILES string of the molecule is CC=CC1OCC(c2ccc(-c3ccc(-c4ccc(CCCCCCC)c(F)c4F)cc3)cc2F)CO1. The van der Waals surface area contributed by atoms with E-state index in [2.05, 4.69) is 6.92 Å². The smallest absolute Gasteiger partial charge is 0.176 e. The number of ether oxygens (including phenoxy) is 2. The van der Waals surface area contributed by atoms with Gasteiger partial charge < -0.3 is 9.47 Å². The maximum atomic E-state index is 15.0. The molecule has 5 heteroatoms. The zero-order valence-corrected chi connectivity index (χ0v) is 21.6. The quantitative estimate of drug-likeness (QED) is 0.201. The van der Waals surface area contributed by atoms with E-state index in [0.717, 1.165) is 31.2 Å². The topological polar surface area (TPSA) is 18.5 Å². The number of rotatable bonds is 10. The van der Waals surface area contributed by atoms with Crippen molar-refractivity contribution in [3.8, 4) is 22.3 Å². The predicted octanol–water partition coefficient (Wildman–Crippen LogP) is 8.98. The van der Waals surface area contributed by atoms with Crippen LogP contribution in [-0.4, -0.2) is 19.5 Å². The van der Waals surface area contributed by atoms with Gasteiger partial charge >= 0.3 is 0 Å². The van der Waals surface area contributed by atoms with Crippen molar-refractivity contribution in [2.24, 2.45) is 0 Å². The number of hydrogen-bond acceptors (Lipinski definition) is 2. The molecule has 0 aliphatic carbocycles. The van der Waals surface area contributed by atoms with Crippen molar-refractivity contribution < 1.29 is 22.6 Å². The molecule has 0 aromatic heterocycles. The average Bonchev–Trinajstić information content (AvgIpc) is 2.92. The molecule has 1 saturated heterocycles. The zero-order chi connectivity index (χ0) is 26.2. The monoisotopic (exact) mass is 508 g/mol. The molecule has 0 unspecified atom stereocenters. The third kappa shape index (κ3) is 6.71. The van der Waals surface area contributed by atoms with Gasteiger partial charge in [0.05, 0.1) is 13.2 Å². The highest BCUT2D eigenvalue weighted by Gasteiger charge is 2.24. The average molecular weight is 509 g/mol. The first kappa shape index (κ1) is 27.2. The van der Waals surface area contributed by atoms with E-state index in [1.165, 1.54) is 12.5 Å². The number of benzene rings is 3. The van der Waals surface area contributed by atoms with E-state index in [1.54, 1.807) is 42.5 Å². The molecule has 3 aromatic carbocycles. The maximum absolute atomic E-state index is 15.0. The first-order valence-electron chi connectivity index (χ1n) is 13.2. The first-order valence-corrected chi connectivity index (χ1v) is 13.2. The highest BCUT2D eigenvalue weighted by molar-refractivity contribution is 5.71. The van der Waals surface area contributed by atoms with Gasteiger partial charge in [0.15, 0.2) is 17.9 Å². The fourth-order valence-electron chi connectivity index (χ4n) is 4.77. The fourth-order valence-corrected chi connectivity index (χ4v) is 4.77. The Hall–Kier alpha value is -2.89. The summed E-state index contributed by atoms with van der Waals surface area (Å²) in [4.78, 5) is 0. The highest BCUT2D eigenvalue weighted by Crippen LogP contribution is 2.32. The van der Waals surface area contributed by atoms with Crippen LogP contribution in [0.3, 0.4) is 0 Å². The standard InChI is InChI=1S/C32H35F3O2/c1-3-5-6-7-8-10-24-15-18-28(32(35)31(24)34)23-13-11-22(12-14-23)25-16-17-27(29(33)19-25)26-20-36-30(9-4-2)37-21-26/h4,9,11-19,26,30H,3,5-8,10,20-21H2,1-2H3. The Morgan fingerprint density at radius 1 is 0.784 bits per heavy atom. The summed E-state index contributed by atoms with van der Waals surface area (Å²) in [5.74, 6) is -2.07. The summed E-state index contributed by atoms with van der Waals surface area (Å²) in [5.41, 5.74) is 3.30. The third-order valence-electron chi connectivity index (χ3n) is 6.95. The zero-order valence-electron chi connectivity index (χ0n) is 21.6. The molecule has 196 valence electrons. The second kappa shape index (κ2) is 13.1. The van der Waals surface area contributed by atoms with Crippen LogP contribution in [0, 0.1) is 17.5 Å². The number of allylic oxidation sites excluding steroid dienone is 1. The van der Waals surface area contributed by atoms with Crippen molar-refractivity contribution in [3.05, 3.63) is 95.3 Å². The van der Waals surface area contributed by atoms with Gasteiger partial charge in [-0.15, -0.1) is 0 Å². The number of aryl methyl sites for hydroxylation is 1. The second-order valence-electron chi connectivity index (χ2n) is 9.64. The Balaban J connectivity index is 1.44. The molecule has 3 aromatic rings. The van der Waals surface area contributed by atoms with Crippen LogP contribution in [0.4, 0.5) is 13.2 Å². The summed E-state index contributed by atoms with van der Waals surface area (Å²) in [7, 11) is 0. The molecule has 0 bridgehead atoms. The van der Waals surface area contributed by atoms with Gasteiger partial charge in [-0.3, -0.25) is 0 Å². The van der Waals surface area contributed by atoms with Crippen LogP contribution in [0.1, 0.15) is 63.0 Å². The number of hydrogen-bond donors (Lipinski definition) is 0. The van der Waals surface area contributed by atoms with Crippen LogP contribution in [0.25, 0.3) is 22.3 Å². The van der Waals surface area contributed by atoms with Crippen LogP contribution in [0.5, 0.6) is 0 Å². The summed E-state index contributed by atoms with van der Waals surface area (Å²) in [5, 5.41) is 0. The van der Waals surface area contributed by atoms with Crippen molar-refractivity contribution in [3.63, 3.8) is 0 Å². The molecule has 0 saturated carbocycles. The van der Waals surface area contributed by atoms with Crippen molar-refractivity contribution in [2.75, 3.05) is 13.2 Å². The third-order valence-corrected chi connectivity index (χ3v) is 6.95. The first-order chi connectivity index (χ1) is 18.0. The van der Waals surface area contributed by atoms with Gasteiger partial charge in [0.2, 0.25) is 0 Å². The molecule has 2 nitrogen and oxygen atoms in total. The van der Waals surface area contributed by atoms with Gasteiger partial charge in [0.25, 0.3) is 0 Å². The van der Waals surface area contributed by atoms with Crippen molar-refractivity contribution in [1.29, 1.82) is 0 Å². The van der Waals surface area contributed by atoms with E-state index in [9.17, 15) is 13.2 Å². The van der Waals surface area contributed by atoms with E-state index in [4.69, 9.17) is 9.47 Å². The van der Waals surface area contributed by atoms with Crippen molar-refractivity contribution in [1.82, 2.24) is 0 Å². The molecule has 0 N–H and O–H groups in total. The lowest BCUT2D eigenvalue weighted by molar-refractivity contribution is -0.159. The molecule has 1 fully saturated rings. The van der Waals surface area contributed by atoms with Crippen molar-refractivity contribution >= 4 is 0 Å². The van der Waals surface area contributed by atoms with Gasteiger partial charge in [0.1, 0.15) is 5.82 Å². The fraction of sp³-hybridized carbons (Fsp3) is 0.375. The molecule has 37 heavy (non-hydrogen) atoms. The van der Waals surface area contributed by atoms with Gasteiger partial charge in [0, 0.05) is 11.5 Å². The minimum Gasteiger partial charge on any atom is -0.348 e. The highest BCUT2D eigenvalue weighted by atomic mass is 19.2. The van der Waals surface area contributed by atoms with E-state index in [0.29, 0.717) is 41.9 Å². The summed E-state index contributed by atoms with van der Waals surface area (Å²) in [6.45, 7) is 4.82. The largest absolute Gasteiger partial charge is 0.348 e. The maximum Gasteiger partial charge on any atom is 0.176 e. The van der Waals surface area contributed by atoms with Crippen LogP contribution >= 0.6 is 0 Å². The Morgan fingerprint density at radius 3 is 2.14 bits per heavy atom.